The minimum Gasteiger partial charge on any atom is -0.442 e. The van der Waals surface area contributed by atoms with Crippen molar-refractivity contribution >= 4 is 17.5 Å². The van der Waals surface area contributed by atoms with Crippen LogP contribution in [-0.4, -0.2) is 18.2 Å². The summed E-state index contributed by atoms with van der Waals surface area (Å²) >= 11 is 0. The lowest BCUT2D eigenvalue weighted by atomic mass is 10.1. The fraction of sp³-hybridized carbons (Fsp3) is 0.417. The van der Waals surface area contributed by atoms with Crippen LogP contribution in [0.4, 0.5) is 16.2 Å². The molecule has 0 bridgehead atoms. The molecule has 1 aliphatic carbocycles. The van der Waals surface area contributed by atoms with E-state index < -0.39 is 0 Å². The lowest BCUT2D eigenvalue weighted by Crippen LogP contribution is -2.43. The number of nitrogen functional groups attached to an aromatic ring is 1. The van der Waals surface area contributed by atoms with E-state index in [4.69, 9.17) is 10.5 Å². The molecule has 16 heavy (non-hydrogen) atoms. The van der Waals surface area contributed by atoms with Gasteiger partial charge in [-0.25, -0.2) is 4.79 Å². The molecule has 1 spiro atoms. The van der Waals surface area contributed by atoms with E-state index in [1.54, 1.807) is 17.0 Å². The molecule has 2 aliphatic rings. The first kappa shape index (κ1) is 9.51. The van der Waals surface area contributed by atoms with E-state index in [0.29, 0.717) is 5.69 Å². The van der Waals surface area contributed by atoms with E-state index in [9.17, 15) is 4.79 Å². The van der Waals surface area contributed by atoms with Gasteiger partial charge in [-0.15, -0.1) is 0 Å². The van der Waals surface area contributed by atoms with Gasteiger partial charge in [0.2, 0.25) is 0 Å². The summed E-state index contributed by atoms with van der Waals surface area (Å²) in [7, 11) is 0. The largest absolute Gasteiger partial charge is 0.442 e. The topological polar surface area (TPSA) is 55.6 Å². The van der Waals surface area contributed by atoms with Crippen molar-refractivity contribution in [3.63, 3.8) is 0 Å². The van der Waals surface area contributed by atoms with Crippen molar-refractivity contribution in [1.82, 2.24) is 0 Å². The molecule has 84 valence electrons. The van der Waals surface area contributed by atoms with Crippen LogP contribution in [0.25, 0.3) is 0 Å². The smallest absolute Gasteiger partial charge is 0.414 e. The zero-order valence-electron chi connectivity index (χ0n) is 8.98. The third kappa shape index (κ3) is 1.50. The first-order valence-corrected chi connectivity index (χ1v) is 5.55. The van der Waals surface area contributed by atoms with Gasteiger partial charge in [-0.3, -0.25) is 4.90 Å². The second-order valence-electron chi connectivity index (χ2n) is 4.55. The number of carbonyl (C=O) groups is 1. The molecule has 2 fully saturated rings. The van der Waals surface area contributed by atoms with E-state index in [1.807, 2.05) is 12.1 Å². The SMILES string of the molecule is Nc1cccc(N2CCC3(CC3)OC2=O)c1. The van der Waals surface area contributed by atoms with Crippen LogP contribution in [0, 0.1) is 0 Å². The maximum atomic E-state index is 11.8. The number of ether oxygens (including phenoxy) is 1. The second-order valence-corrected chi connectivity index (χ2v) is 4.55. The maximum Gasteiger partial charge on any atom is 0.414 e. The third-order valence-corrected chi connectivity index (χ3v) is 3.30. The van der Waals surface area contributed by atoms with Gasteiger partial charge in [0.1, 0.15) is 5.60 Å². The van der Waals surface area contributed by atoms with E-state index >= 15 is 0 Å². The van der Waals surface area contributed by atoms with Crippen molar-refractivity contribution in [3.05, 3.63) is 24.3 Å². The molecule has 0 radical (unpaired) electrons. The average Bonchev–Trinajstić information content (AvgIpc) is 2.98. The Kier molecular flexibility index (Phi) is 1.87. The van der Waals surface area contributed by atoms with Crippen LogP contribution < -0.4 is 10.6 Å². The molecule has 0 atom stereocenters. The number of benzene rings is 1. The Morgan fingerprint density at radius 3 is 2.75 bits per heavy atom. The van der Waals surface area contributed by atoms with E-state index in [1.165, 1.54) is 0 Å². The van der Waals surface area contributed by atoms with Crippen LogP contribution in [0.1, 0.15) is 19.3 Å². The standard InChI is InChI=1S/C12H14N2O2/c13-9-2-1-3-10(8-9)14-7-6-12(4-5-12)16-11(14)15/h1-3,8H,4-7,13H2. The molecule has 1 amide bonds. The maximum absolute atomic E-state index is 11.8. The molecule has 1 aliphatic heterocycles. The summed E-state index contributed by atoms with van der Waals surface area (Å²) in [5.74, 6) is 0. The Labute approximate surface area is 94.0 Å². The predicted octanol–water partition coefficient (Wildman–Crippen LogP) is 2.15. The molecule has 2 N–H and O–H groups in total. The highest BCUT2D eigenvalue weighted by molar-refractivity contribution is 5.89. The summed E-state index contributed by atoms with van der Waals surface area (Å²) in [5.41, 5.74) is 7.06. The number of hydrogen-bond acceptors (Lipinski definition) is 3. The predicted molar refractivity (Wildman–Crippen MR) is 61.3 cm³/mol. The molecule has 1 saturated carbocycles. The molecule has 0 unspecified atom stereocenters. The van der Waals surface area contributed by atoms with Gasteiger partial charge in [0.25, 0.3) is 0 Å². The second kappa shape index (κ2) is 3.14. The van der Waals surface area contributed by atoms with Gasteiger partial charge in [0, 0.05) is 24.3 Å². The molecule has 0 aromatic heterocycles. The van der Waals surface area contributed by atoms with Gasteiger partial charge in [0.05, 0.1) is 0 Å². The summed E-state index contributed by atoms with van der Waals surface area (Å²) in [6, 6.07) is 7.33. The summed E-state index contributed by atoms with van der Waals surface area (Å²) < 4.78 is 5.44. The highest BCUT2D eigenvalue weighted by Gasteiger charge is 2.50. The normalized spacial score (nSPS) is 22.0. The van der Waals surface area contributed by atoms with Gasteiger partial charge in [-0.05, 0) is 31.0 Å². The first-order valence-electron chi connectivity index (χ1n) is 5.55. The monoisotopic (exact) mass is 218 g/mol. The number of rotatable bonds is 1. The third-order valence-electron chi connectivity index (χ3n) is 3.30. The fourth-order valence-corrected chi connectivity index (χ4v) is 2.12. The van der Waals surface area contributed by atoms with Crippen LogP contribution in [0.2, 0.25) is 0 Å². The fourth-order valence-electron chi connectivity index (χ4n) is 2.12. The molecular formula is C12H14N2O2. The molecule has 4 nitrogen and oxygen atoms in total. The minimum absolute atomic E-state index is 0.117. The zero-order chi connectivity index (χ0) is 11.2. The quantitative estimate of drug-likeness (QED) is 0.735. The van der Waals surface area contributed by atoms with Crippen molar-refractivity contribution in [2.24, 2.45) is 0 Å². The van der Waals surface area contributed by atoms with Gasteiger partial charge in [0.15, 0.2) is 0 Å². The van der Waals surface area contributed by atoms with Gasteiger partial charge in [-0.2, -0.15) is 0 Å². The van der Waals surface area contributed by atoms with Crippen molar-refractivity contribution in [2.45, 2.75) is 24.9 Å². The molecule has 1 aromatic carbocycles. The molecule has 3 rings (SSSR count). The van der Waals surface area contributed by atoms with Crippen LogP contribution in [0.15, 0.2) is 24.3 Å². The molecule has 1 heterocycles. The Balaban J connectivity index is 1.83. The number of anilines is 2. The number of hydrogen-bond donors (Lipinski definition) is 1. The molecular weight excluding hydrogens is 204 g/mol. The average molecular weight is 218 g/mol. The molecule has 1 aromatic rings. The Morgan fingerprint density at radius 1 is 1.31 bits per heavy atom. The van der Waals surface area contributed by atoms with Gasteiger partial charge in [-0.1, -0.05) is 6.07 Å². The van der Waals surface area contributed by atoms with E-state index in [-0.39, 0.29) is 11.7 Å². The van der Waals surface area contributed by atoms with E-state index in [0.717, 1.165) is 31.5 Å². The summed E-state index contributed by atoms with van der Waals surface area (Å²) in [5, 5.41) is 0. The summed E-state index contributed by atoms with van der Waals surface area (Å²) in [6.45, 7) is 0.724. The number of carbonyl (C=O) groups excluding carboxylic acids is 1. The van der Waals surface area contributed by atoms with Crippen molar-refractivity contribution in [3.8, 4) is 0 Å². The van der Waals surface area contributed by atoms with Crippen molar-refractivity contribution in [1.29, 1.82) is 0 Å². The van der Waals surface area contributed by atoms with Crippen molar-refractivity contribution in [2.75, 3.05) is 17.2 Å². The number of nitrogens with two attached hydrogens (primary N) is 1. The Hall–Kier alpha value is -1.71. The van der Waals surface area contributed by atoms with E-state index in [2.05, 4.69) is 0 Å². The Morgan fingerprint density at radius 2 is 2.12 bits per heavy atom. The number of nitrogens with zero attached hydrogens (tertiary/aromatic N) is 1. The lowest BCUT2D eigenvalue weighted by Gasteiger charge is -2.32. The summed E-state index contributed by atoms with van der Waals surface area (Å²) in [4.78, 5) is 13.5. The molecule has 1 saturated heterocycles. The summed E-state index contributed by atoms with van der Waals surface area (Å²) in [6.07, 6.45) is 2.72. The number of amides is 1. The van der Waals surface area contributed by atoms with Gasteiger partial charge >= 0.3 is 6.09 Å². The first-order chi connectivity index (χ1) is 7.69. The van der Waals surface area contributed by atoms with Crippen LogP contribution in [0.5, 0.6) is 0 Å². The Bertz CT molecular complexity index is 440. The molecule has 4 heteroatoms. The van der Waals surface area contributed by atoms with Crippen LogP contribution >= 0.6 is 0 Å². The van der Waals surface area contributed by atoms with Crippen LogP contribution in [0.3, 0.4) is 0 Å². The van der Waals surface area contributed by atoms with Crippen molar-refractivity contribution < 1.29 is 9.53 Å². The van der Waals surface area contributed by atoms with Crippen LogP contribution in [-0.2, 0) is 4.74 Å². The highest BCUT2D eigenvalue weighted by Crippen LogP contribution is 2.45. The highest BCUT2D eigenvalue weighted by atomic mass is 16.6. The van der Waals surface area contributed by atoms with Gasteiger partial charge < -0.3 is 10.5 Å². The minimum atomic E-state index is -0.241. The lowest BCUT2D eigenvalue weighted by molar-refractivity contribution is 0.0684. The zero-order valence-corrected chi connectivity index (χ0v) is 8.98.